The fourth-order valence-electron chi connectivity index (χ4n) is 3.12. The minimum absolute atomic E-state index is 0.195. The van der Waals surface area contributed by atoms with Gasteiger partial charge >= 0.3 is 11.9 Å². The molecular formula is C21H40N6O7S. The number of rotatable bonds is 20. The molecule has 11 N–H and O–H groups in total. The summed E-state index contributed by atoms with van der Waals surface area (Å²) in [6.45, 7) is 0.778. The molecule has 3 amide bonds. The van der Waals surface area contributed by atoms with Crippen LogP contribution in [0, 0.1) is 0 Å². The standard InChI is InChI=1S/C21H40N6O7S/c1-35-11-8-15(20(32)27-16(21(33)34)7-3-5-10-23)26-19(31)14(6-2-4-9-22)25-18(30)13(24)12-17(28)29/h13-16H,2-12,22-24H2,1H3,(H,25,30)(H,26,31)(H,27,32)(H,28,29)(H,33,34). The second kappa shape index (κ2) is 18.9. The zero-order chi connectivity index (χ0) is 26.8. The molecule has 4 atom stereocenters. The molecule has 0 aliphatic rings. The fourth-order valence-corrected chi connectivity index (χ4v) is 3.59. The smallest absolute Gasteiger partial charge is 0.326 e. The van der Waals surface area contributed by atoms with E-state index in [1.165, 1.54) is 11.8 Å². The van der Waals surface area contributed by atoms with Crippen LogP contribution in [0.1, 0.15) is 51.4 Å². The number of nitrogens with two attached hydrogens (primary N) is 3. The third-order valence-electron chi connectivity index (χ3n) is 5.12. The number of thioether (sulfide) groups is 1. The number of unbranched alkanes of at least 4 members (excludes halogenated alkanes) is 2. The van der Waals surface area contributed by atoms with Gasteiger partial charge in [-0.05, 0) is 70.0 Å². The molecule has 202 valence electrons. The molecule has 14 heteroatoms. The summed E-state index contributed by atoms with van der Waals surface area (Å²) in [6, 6.07) is -4.58. The van der Waals surface area contributed by atoms with Crippen LogP contribution in [0.15, 0.2) is 0 Å². The van der Waals surface area contributed by atoms with Crippen LogP contribution in [-0.2, 0) is 24.0 Å². The highest BCUT2D eigenvalue weighted by molar-refractivity contribution is 7.98. The van der Waals surface area contributed by atoms with Crippen molar-refractivity contribution in [1.82, 2.24) is 16.0 Å². The lowest BCUT2D eigenvalue weighted by Crippen LogP contribution is -2.57. The van der Waals surface area contributed by atoms with E-state index >= 15 is 0 Å². The summed E-state index contributed by atoms with van der Waals surface area (Å²) >= 11 is 1.44. The minimum atomic E-state index is -1.35. The van der Waals surface area contributed by atoms with Crippen molar-refractivity contribution in [3.8, 4) is 0 Å². The zero-order valence-corrected chi connectivity index (χ0v) is 21.0. The lowest BCUT2D eigenvalue weighted by Gasteiger charge is -2.25. The van der Waals surface area contributed by atoms with Gasteiger partial charge < -0.3 is 43.4 Å². The Morgan fingerprint density at radius 2 is 1.20 bits per heavy atom. The van der Waals surface area contributed by atoms with Gasteiger partial charge in [0.1, 0.15) is 18.1 Å². The highest BCUT2D eigenvalue weighted by Crippen LogP contribution is 2.08. The van der Waals surface area contributed by atoms with E-state index in [0.717, 1.165) is 0 Å². The van der Waals surface area contributed by atoms with E-state index in [0.29, 0.717) is 44.5 Å². The van der Waals surface area contributed by atoms with Crippen molar-refractivity contribution in [2.75, 3.05) is 25.1 Å². The Morgan fingerprint density at radius 1 is 0.743 bits per heavy atom. The predicted molar refractivity (Wildman–Crippen MR) is 132 cm³/mol. The van der Waals surface area contributed by atoms with Gasteiger partial charge in [0.25, 0.3) is 0 Å². The number of carbonyl (C=O) groups is 5. The van der Waals surface area contributed by atoms with Crippen molar-refractivity contribution < 1.29 is 34.2 Å². The number of aliphatic carboxylic acids is 2. The lowest BCUT2D eigenvalue weighted by molar-refractivity contribution is -0.142. The molecule has 0 fully saturated rings. The molecule has 0 aromatic carbocycles. The summed E-state index contributed by atoms with van der Waals surface area (Å²) in [6.07, 6.45) is 4.04. The summed E-state index contributed by atoms with van der Waals surface area (Å²) in [4.78, 5) is 60.5. The van der Waals surface area contributed by atoms with E-state index in [1.807, 2.05) is 6.26 Å². The first-order chi connectivity index (χ1) is 16.6. The van der Waals surface area contributed by atoms with Gasteiger partial charge in [-0.3, -0.25) is 19.2 Å². The highest BCUT2D eigenvalue weighted by atomic mass is 32.2. The number of carboxylic acids is 2. The topological polar surface area (TPSA) is 240 Å². The first kappa shape index (κ1) is 32.6. The molecule has 13 nitrogen and oxygen atoms in total. The molecular weight excluding hydrogens is 480 g/mol. The average Bonchev–Trinajstić information content (AvgIpc) is 2.79. The monoisotopic (exact) mass is 520 g/mol. The van der Waals surface area contributed by atoms with Crippen LogP contribution < -0.4 is 33.2 Å². The first-order valence-corrected chi connectivity index (χ1v) is 13.0. The Hall–Kier alpha value is -2.42. The van der Waals surface area contributed by atoms with E-state index in [2.05, 4.69) is 16.0 Å². The summed E-state index contributed by atoms with van der Waals surface area (Å²) in [5, 5.41) is 25.8. The van der Waals surface area contributed by atoms with Gasteiger partial charge in [-0.2, -0.15) is 11.8 Å². The third-order valence-corrected chi connectivity index (χ3v) is 5.76. The van der Waals surface area contributed by atoms with Gasteiger partial charge in [0, 0.05) is 0 Å². The first-order valence-electron chi connectivity index (χ1n) is 11.6. The lowest BCUT2D eigenvalue weighted by atomic mass is 10.1. The molecule has 0 rings (SSSR count). The molecule has 0 saturated carbocycles. The molecule has 0 spiro atoms. The highest BCUT2D eigenvalue weighted by Gasteiger charge is 2.30. The molecule has 0 radical (unpaired) electrons. The van der Waals surface area contributed by atoms with Gasteiger partial charge in [-0.15, -0.1) is 0 Å². The van der Waals surface area contributed by atoms with Gasteiger partial charge in [-0.1, -0.05) is 0 Å². The van der Waals surface area contributed by atoms with Gasteiger partial charge in [0.05, 0.1) is 12.5 Å². The summed E-state index contributed by atoms with van der Waals surface area (Å²) in [5.41, 5.74) is 16.5. The SMILES string of the molecule is CSCCC(NC(=O)C(CCCCN)NC(=O)C(N)CC(=O)O)C(=O)NC(CCCCN)C(=O)O. The second-order valence-corrected chi connectivity index (χ2v) is 9.06. The van der Waals surface area contributed by atoms with Gasteiger partial charge in [0.15, 0.2) is 0 Å². The minimum Gasteiger partial charge on any atom is -0.481 e. The number of amides is 3. The summed E-state index contributed by atoms with van der Waals surface area (Å²) in [7, 11) is 0. The van der Waals surface area contributed by atoms with E-state index in [-0.39, 0.29) is 19.3 Å². The van der Waals surface area contributed by atoms with Crippen LogP contribution in [0.4, 0.5) is 0 Å². The van der Waals surface area contributed by atoms with E-state index in [1.54, 1.807) is 0 Å². The third kappa shape index (κ3) is 14.5. The Balaban J connectivity index is 5.43. The predicted octanol–water partition coefficient (Wildman–Crippen LogP) is -1.66. The van der Waals surface area contributed by atoms with Crippen LogP contribution >= 0.6 is 11.8 Å². The largest absolute Gasteiger partial charge is 0.481 e. The van der Waals surface area contributed by atoms with Crippen molar-refractivity contribution in [3.63, 3.8) is 0 Å². The van der Waals surface area contributed by atoms with E-state index < -0.39 is 60.2 Å². The Bertz CT molecular complexity index is 697. The van der Waals surface area contributed by atoms with Crippen LogP contribution in [0.25, 0.3) is 0 Å². The van der Waals surface area contributed by atoms with Gasteiger partial charge in [0.2, 0.25) is 17.7 Å². The van der Waals surface area contributed by atoms with Crippen molar-refractivity contribution in [2.45, 2.75) is 75.5 Å². The molecule has 0 aromatic rings. The Morgan fingerprint density at radius 3 is 1.66 bits per heavy atom. The summed E-state index contributed by atoms with van der Waals surface area (Å²) in [5.74, 6) is -4.06. The van der Waals surface area contributed by atoms with Crippen LogP contribution in [-0.4, -0.2) is 89.1 Å². The fraction of sp³-hybridized carbons (Fsp3) is 0.762. The van der Waals surface area contributed by atoms with Crippen molar-refractivity contribution in [2.24, 2.45) is 17.2 Å². The molecule has 4 unspecified atom stereocenters. The number of hydrogen-bond acceptors (Lipinski definition) is 9. The normalized spacial score (nSPS) is 14.3. The number of carboxylic acid groups (broad SMARTS) is 2. The molecule has 0 aromatic heterocycles. The van der Waals surface area contributed by atoms with Crippen LogP contribution in [0.2, 0.25) is 0 Å². The Kier molecular flexibility index (Phi) is 17.5. The summed E-state index contributed by atoms with van der Waals surface area (Å²) < 4.78 is 0. The van der Waals surface area contributed by atoms with Crippen molar-refractivity contribution >= 4 is 41.4 Å². The maximum atomic E-state index is 13.0. The Labute approximate surface area is 209 Å². The maximum absolute atomic E-state index is 13.0. The maximum Gasteiger partial charge on any atom is 0.326 e. The molecule has 0 aliphatic carbocycles. The zero-order valence-electron chi connectivity index (χ0n) is 20.2. The van der Waals surface area contributed by atoms with E-state index in [9.17, 15) is 29.1 Å². The molecule has 35 heavy (non-hydrogen) atoms. The molecule has 0 bridgehead atoms. The van der Waals surface area contributed by atoms with E-state index in [4.69, 9.17) is 22.3 Å². The number of hydrogen-bond donors (Lipinski definition) is 8. The number of carbonyl (C=O) groups excluding carboxylic acids is 3. The molecule has 0 aliphatic heterocycles. The van der Waals surface area contributed by atoms with Gasteiger partial charge in [-0.25, -0.2) is 4.79 Å². The number of nitrogens with one attached hydrogen (secondary N) is 3. The van der Waals surface area contributed by atoms with Crippen LogP contribution in [0.3, 0.4) is 0 Å². The van der Waals surface area contributed by atoms with Crippen molar-refractivity contribution in [3.05, 3.63) is 0 Å². The average molecular weight is 521 g/mol. The van der Waals surface area contributed by atoms with Crippen molar-refractivity contribution in [1.29, 1.82) is 0 Å². The molecule has 0 saturated heterocycles. The molecule has 0 heterocycles. The quantitative estimate of drug-likeness (QED) is 0.0844. The second-order valence-electron chi connectivity index (χ2n) is 8.08. The van der Waals surface area contributed by atoms with Crippen LogP contribution in [0.5, 0.6) is 0 Å².